The summed E-state index contributed by atoms with van der Waals surface area (Å²) in [5, 5.41) is 0. The van der Waals surface area contributed by atoms with Gasteiger partial charge in [-0.05, 0) is 18.8 Å². The molecule has 0 aliphatic heterocycles. The average Bonchev–Trinajstić information content (AvgIpc) is 2.46. The first-order valence-electron chi connectivity index (χ1n) is 4.23. The highest BCUT2D eigenvalue weighted by Crippen LogP contribution is 2.46. The third kappa shape index (κ3) is 0.749. The summed E-state index contributed by atoms with van der Waals surface area (Å²) in [6, 6.07) is 0. The lowest BCUT2D eigenvalue weighted by molar-refractivity contribution is 0.438. The van der Waals surface area contributed by atoms with E-state index >= 15 is 0 Å². The normalized spacial score (nSPS) is 41.5. The fourth-order valence-corrected chi connectivity index (χ4v) is 2.20. The highest BCUT2D eigenvalue weighted by atomic mass is 14.4. The van der Waals surface area contributed by atoms with Crippen LogP contribution >= 0.6 is 0 Å². The van der Waals surface area contributed by atoms with Crippen LogP contribution in [-0.2, 0) is 0 Å². The van der Waals surface area contributed by atoms with E-state index in [-0.39, 0.29) is 0 Å². The van der Waals surface area contributed by atoms with Gasteiger partial charge >= 0.3 is 0 Å². The summed E-state index contributed by atoms with van der Waals surface area (Å²) in [6.45, 7) is 2.27. The van der Waals surface area contributed by atoms with Crippen molar-refractivity contribution in [1.82, 2.24) is 0 Å². The van der Waals surface area contributed by atoms with Gasteiger partial charge in [-0.3, -0.25) is 0 Å². The van der Waals surface area contributed by atoms with E-state index in [1.54, 1.807) is 0 Å². The Morgan fingerprint density at radius 3 is 2.50 bits per heavy atom. The maximum atomic E-state index is 2.40. The Bertz CT molecular complexity index is 172. The minimum absolute atomic E-state index is 0.499. The number of hydrogen-bond donors (Lipinski definition) is 0. The molecule has 0 N–H and O–H groups in total. The van der Waals surface area contributed by atoms with Gasteiger partial charge in [0.2, 0.25) is 0 Å². The Balaban J connectivity index is 2.16. The van der Waals surface area contributed by atoms with Crippen molar-refractivity contribution in [3.63, 3.8) is 0 Å². The Kier molecular flexibility index (Phi) is 1.23. The van der Waals surface area contributed by atoms with Crippen LogP contribution in [0.5, 0.6) is 0 Å². The van der Waals surface area contributed by atoms with Crippen molar-refractivity contribution >= 4 is 0 Å². The molecule has 0 spiro atoms. The van der Waals surface area contributed by atoms with E-state index < -0.39 is 0 Å². The number of allylic oxidation sites excluding steroid dienone is 4. The summed E-state index contributed by atoms with van der Waals surface area (Å²) in [5.41, 5.74) is 0.499. The predicted octanol–water partition coefficient (Wildman–Crippen LogP) is 2.92. The Morgan fingerprint density at radius 2 is 2.10 bits per heavy atom. The van der Waals surface area contributed by atoms with Gasteiger partial charge in [0, 0.05) is 5.41 Å². The molecule has 0 radical (unpaired) electrons. The minimum atomic E-state index is 0.499. The Labute approximate surface area is 62.6 Å². The van der Waals surface area contributed by atoms with Crippen LogP contribution in [0, 0.1) is 11.3 Å². The van der Waals surface area contributed by atoms with Crippen molar-refractivity contribution in [3.05, 3.63) is 24.3 Å². The van der Waals surface area contributed by atoms with Crippen LogP contribution in [0.25, 0.3) is 0 Å². The fourth-order valence-electron chi connectivity index (χ4n) is 2.20. The lowest BCUT2D eigenvalue weighted by Gasteiger charge is -2.19. The molecule has 2 aliphatic rings. The zero-order valence-electron chi connectivity index (χ0n) is 6.51. The van der Waals surface area contributed by atoms with Gasteiger partial charge in [0.25, 0.3) is 0 Å². The second kappa shape index (κ2) is 1.98. The maximum Gasteiger partial charge on any atom is 0.00698 e. The quantitative estimate of drug-likeness (QED) is 0.509. The van der Waals surface area contributed by atoms with Gasteiger partial charge in [-0.1, -0.05) is 37.6 Å². The van der Waals surface area contributed by atoms with Crippen molar-refractivity contribution in [2.45, 2.75) is 26.2 Å². The fraction of sp³-hybridized carbons (Fsp3) is 0.600. The molecule has 0 aromatic heterocycles. The average molecular weight is 134 g/mol. The summed E-state index contributed by atoms with van der Waals surface area (Å²) in [7, 11) is 0. The molecule has 54 valence electrons. The molecule has 0 saturated carbocycles. The monoisotopic (exact) mass is 134 g/mol. The van der Waals surface area contributed by atoms with Gasteiger partial charge in [0.1, 0.15) is 0 Å². The lowest BCUT2D eigenvalue weighted by Crippen LogP contribution is -2.08. The molecule has 0 amide bonds. The van der Waals surface area contributed by atoms with Gasteiger partial charge in [0.05, 0.1) is 0 Å². The summed E-state index contributed by atoms with van der Waals surface area (Å²) >= 11 is 0. The highest BCUT2D eigenvalue weighted by Gasteiger charge is 2.34. The van der Waals surface area contributed by atoms with Crippen LogP contribution in [0.3, 0.4) is 0 Å². The summed E-state index contributed by atoms with van der Waals surface area (Å²) < 4.78 is 0. The zero-order chi connectivity index (χ0) is 7.03. The van der Waals surface area contributed by atoms with Crippen molar-refractivity contribution in [2.24, 2.45) is 11.3 Å². The second-order valence-electron chi connectivity index (χ2n) is 3.57. The molecule has 0 heteroatoms. The van der Waals surface area contributed by atoms with Crippen molar-refractivity contribution in [2.75, 3.05) is 0 Å². The first-order chi connectivity index (χ1) is 4.85. The topological polar surface area (TPSA) is 0 Å². The maximum absolute atomic E-state index is 2.40. The van der Waals surface area contributed by atoms with Gasteiger partial charge in [-0.15, -0.1) is 0 Å². The highest BCUT2D eigenvalue weighted by molar-refractivity contribution is 5.28. The van der Waals surface area contributed by atoms with E-state index in [1.165, 1.54) is 19.3 Å². The van der Waals surface area contributed by atoms with Crippen LogP contribution in [0.4, 0.5) is 0 Å². The molecule has 2 rings (SSSR count). The first kappa shape index (κ1) is 6.21. The Morgan fingerprint density at radius 1 is 1.40 bits per heavy atom. The standard InChI is InChI=1S/C10H14/c1-2-5-10-6-3-9(8-10)4-7-10/h3-4,6-7,9H,2,5,8H2,1H3. The van der Waals surface area contributed by atoms with Crippen LogP contribution in [0.1, 0.15) is 26.2 Å². The van der Waals surface area contributed by atoms with Crippen LogP contribution in [0.15, 0.2) is 24.3 Å². The third-order valence-electron chi connectivity index (χ3n) is 2.68. The minimum Gasteiger partial charge on any atom is -0.0807 e. The molecule has 0 saturated heterocycles. The zero-order valence-corrected chi connectivity index (χ0v) is 6.51. The molecule has 0 nitrogen and oxygen atoms in total. The predicted molar refractivity (Wildman–Crippen MR) is 43.7 cm³/mol. The number of rotatable bonds is 2. The van der Waals surface area contributed by atoms with E-state index in [9.17, 15) is 0 Å². The molecule has 10 heavy (non-hydrogen) atoms. The smallest absolute Gasteiger partial charge is 0.00698 e. The SMILES string of the molecule is CCCC12C=CC(C=C1)C2. The number of fused-ring (bicyclic) bond motifs is 2. The number of hydrogen-bond acceptors (Lipinski definition) is 0. The van der Waals surface area contributed by atoms with Crippen LogP contribution in [0.2, 0.25) is 0 Å². The van der Waals surface area contributed by atoms with Crippen molar-refractivity contribution in [1.29, 1.82) is 0 Å². The molecule has 0 fully saturated rings. The molecular weight excluding hydrogens is 120 g/mol. The van der Waals surface area contributed by atoms with Gasteiger partial charge in [-0.25, -0.2) is 0 Å². The van der Waals surface area contributed by atoms with Crippen LogP contribution < -0.4 is 0 Å². The first-order valence-corrected chi connectivity index (χ1v) is 4.23. The molecule has 0 unspecified atom stereocenters. The molecular formula is C10H14. The van der Waals surface area contributed by atoms with Crippen LogP contribution in [-0.4, -0.2) is 0 Å². The second-order valence-corrected chi connectivity index (χ2v) is 3.57. The third-order valence-corrected chi connectivity index (χ3v) is 2.68. The molecule has 0 aromatic rings. The summed E-state index contributed by atoms with van der Waals surface area (Å²) in [5.74, 6) is 0.784. The summed E-state index contributed by atoms with van der Waals surface area (Å²) in [4.78, 5) is 0. The molecule has 2 aliphatic carbocycles. The molecule has 2 bridgehead atoms. The largest absolute Gasteiger partial charge is 0.0807 e. The van der Waals surface area contributed by atoms with E-state index in [1.807, 2.05) is 0 Å². The molecule has 0 heterocycles. The van der Waals surface area contributed by atoms with E-state index in [0.29, 0.717) is 5.41 Å². The van der Waals surface area contributed by atoms with Gasteiger partial charge in [0.15, 0.2) is 0 Å². The van der Waals surface area contributed by atoms with E-state index in [4.69, 9.17) is 0 Å². The van der Waals surface area contributed by atoms with E-state index in [0.717, 1.165) is 5.92 Å². The Hall–Kier alpha value is -0.520. The molecule has 0 atom stereocenters. The lowest BCUT2D eigenvalue weighted by atomic mass is 9.85. The van der Waals surface area contributed by atoms with Gasteiger partial charge < -0.3 is 0 Å². The molecule has 0 aromatic carbocycles. The van der Waals surface area contributed by atoms with Crippen molar-refractivity contribution in [3.8, 4) is 0 Å². The van der Waals surface area contributed by atoms with Gasteiger partial charge in [-0.2, -0.15) is 0 Å². The van der Waals surface area contributed by atoms with Crippen molar-refractivity contribution < 1.29 is 0 Å². The van der Waals surface area contributed by atoms with E-state index in [2.05, 4.69) is 31.2 Å². The summed E-state index contributed by atoms with van der Waals surface area (Å²) in [6.07, 6.45) is 13.5.